The van der Waals surface area contributed by atoms with E-state index in [1.807, 2.05) is 46.8 Å². The van der Waals surface area contributed by atoms with Crippen LogP contribution in [0.15, 0.2) is 41.9 Å². The number of hydrogen-bond donors (Lipinski definition) is 0. The number of aromatic nitrogens is 1. The average molecular weight is 330 g/mol. The Morgan fingerprint density at radius 1 is 1.35 bits per heavy atom. The zero-order valence-electron chi connectivity index (χ0n) is 13.4. The molecule has 1 aromatic carbocycles. The van der Waals surface area contributed by atoms with Gasteiger partial charge in [0.2, 0.25) is 0 Å². The highest BCUT2D eigenvalue weighted by Gasteiger charge is 2.29. The standard InChI is InChI=1S/C18H22N2O2S/c1-22-17(15-5-3-2-4-6-15)18(21)20-10-7-14(8-11-20)13-16-19-9-12-23-16/h2-6,9,12,14,17H,7-8,10-11,13H2,1H3. The normalized spacial score (nSPS) is 17.2. The summed E-state index contributed by atoms with van der Waals surface area (Å²) in [7, 11) is 1.60. The zero-order valence-corrected chi connectivity index (χ0v) is 14.2. The van der Waals surface area contributed by atoms with Gasteiger partial charge in [0.1, 0.15) is 0 Å². The number of thiazole rings is 1. The van der Waals surface area contributed by atoms with E-state index in [-0.39, 0.29) is 5.91 Å². The molecule has 5 heteroatoms. The van der Waals surface area contributed by atoms with Gasteiger partial charge in [0, 0.05) is 38.2 Å². The maximum absolute atomic E-state index is 12.7. The Balaban J connectivity index is 1.57. The lowest BCUT2D eigenvalue weighted by Crippen LogP contribution is -2.41. The molecule has 1 atom stereocenters. The van der Waals surface area contributed by atoms with Crippen molar-refractivity contribution in [1.29, 1.82) is 0 Å². The van der Waals surface area contributed by atoms with E-state index < -0.39 is 6.10 Å². The predicted octanol–water partition coefficient (Wildman–Crippen LogP) is 3.31. The van der Waals surface area contributed by atoms with Gasteiger partial charge in [0.15, 0.2) is 6.10 Å². The summed E-state index contributed by atoms with van der Waals surface area (Å²) in [4.78, 5) is 19.1. The molecule has 1 fully saturated rings. The van der Waals surface area contributed by atoms with Crippen molar-refractivity contribution in [3.63, 3.8) is 0 Å². The molecule has 2 heterocycles. The van der Waals surface area contributed by atoms with Gasteiger partial charge in [0.25, 0.3) is 5.91 Å². The fourth-order valence-electron chi connectivity index (χ4n) is 3.13. The SMILES string of the molecule is COC(C(=O)N1CCC(Cc2nccs2)CC1)c1ccccc1. The highest BCUT2D eigenvalue weighted by molar-refractivity contribution is 7.09. The molecule has 4 nitrogen and oxygen atoms in total. The molecule has 1 amide bonds. The summed E-state index contributed by atoms with van der Waals surface area (Å²) >= 11 is 1.72. The average Bonchev–Trinajstić information content (AvgIpc) is 3.10. The van der Waals surface area contributed by atoms with E-state index in [9.17, 15) is 4.79 Å². The number of carbonyl (C=O) groups is 1. The molecule has 1 unspecified atom stereocenters. The summed E-state index contributed by atoms with van der Waals surface area (Å²) in [6.45, 7) is 1.61. The quantitative estimate of drug-likeness (QED) is 0.845. The van der Waals surface area contributed by atoms with Gasteiger partial charge in [0.05, 0.1) is 5.01 Å². The Bertz CT molecular complexity index is 607. The van der Waals surface area contributed by atoms with Crippen LogP contribution < -0.4 is 0 Å². The summed E-state index contributed by atoms with van der Waals surface area (Å²) in [5.74, 6) is 0.703. The Morgan fingerprint density at radius 2 is 2.09 bits per heavy atom. The first-order valence-electron chi connectivity index (χ1n) is 8.03. The van der Waals surface area contributed by atoms with Crippen molar-refractivity contribution < 1.29 is 9.53 Å². The van der Waals surface area contributed by atoms with Gasteiger partial charge in [-0.2, -0.15) is 0 Å². The van der Waals surface area contributed by atoms with E-state index in [1.165, 1.54) is 5.01 Å². The topological polar surface area (TPSA) is 42.4 Å². The zero-order chi connectivity index (χ0) is 16.1. The van der Waals surface area contributed by atoms with Crippen molar-refractivity contribution >= 4 is 17.2 Å². The first kappa shape index (κ1) is 16.1. The fraction of sp³-hybridized carbons (Fsp3) is 0.444. The molecular weight excluding hydrogens is 308 g/mol. The molecule has 0 spiro atoms. The van der Waals surface area contributed by atoms with Gasteiger partial charge in [-0.15, -0.1) is 11.3 Å². The largest absolute Gasteiger partial charge is 0.367 e. The van der Waals surface area contributed by atoms with Gasteiger partial charge in [-0.1, -0.05) is 30.3 Å². The van der Waals surface area contributed by atoms with Crippen molar-refractivity contribution in [3.8, 4) is 0 Å². The van der Waals surface area contributed by atoms with Crippen LogP contribution in [0.2, 0.25) is 0 Å². The third-order valence-corrected chi connectivity index (χ3v) is 5.24. The number of carbonyl (C=O) groups excluding carboxylic acids is 1. The Kier molecular flexibility index (Phi) is 5.41. The van der Waals surface area contributed by atoms with E-state index in [0.29, 0.717) is 5.92 Å². The van der Waals surface area contributed by atoms with Crippen LogP contribution in [0.25, 0.3) is 0 Å². The molecule has 23 heavy (non-hydrogen) atoms. The van der Waals surface area contributed by atoms with Gasteiger partial charge >= 0.3 is 0 Å². The lowest BCUT2D eigenvalue weighted by molar-refractivity contribution is -0.143. The Hall–Kier alpha value is -1.72. The summed E-state index contributed by atoms with van der Waals surface area (Å²) in [5.41, 5.74) is 0.921. The number of methoxy groups -OCH3 is 1. The number of rotatable bonds is 5. The summed E-state index contributed by atoms with van der Waals surface area (Å²) in [5, 5.41) is 3.23. The second-order valence-electron chi connectivity index (χ2n) is 5.93. The second-order valence-corrected chi connectivity index (χ2v) is 6.90. The molecule has 0 bridgehead atoms. The van der Waals surface area contributed by atoms with Crippen molar-refractivity contribution in [2.24, 2.45) is 5.92 Å². The van der Waals surface area contributed by atoms with Gasteiger partial charge in [-0.05, 0) is 24.3 Å². The van der Waals surface area contributed by atoms with E-state index in [2.05, 4.69) is 4.98 Å². The van der Waals surface area contributed by atoms with Crippen LogP contribution in [-0.4, -0.2) is 36.0 Å². The molecule has 122 valence electrons. The molecule has 0 radical (unpaired) electrons. The van der Waals surface area contributed by atoms with Gasteiger partial charge < -0.3 is 9.64 Å². The van der Waals surface area contributed by atoms with E-state index in [4.69, 9.17) is 4.74 Å². The number of nitrogens with zero attached hydrogens (tertiary/aromatic N) is 2. The molecule has 0 saturated carbocycles. The smallest absolute Gasteiger partial charge is 0.256 e. The summed E-state index contributed by atoms with van der Waals surface area (Å²) in [6.07, 6.45) is 4.48. The maximum atomic E-state index is 12.7. The van der Waals surface area contributed by atoms with Crippen LogP contribution in [0.5, 0.6) is 0 Å². The molecule has 3 rings (SSSR count). The third-order valence-electron chi connectivity index (χ3n) is 4.44. The van der Waals surface area contributed by atoms with Gasteiger partial charge in [-0.25, -0.2) is 4.98 Å². The molecule has 2 aromatic rings. The van der Waals surface area contributed by atoms with Crippen LogP contribution in [0.4, 0.5) is 0 Å². The monoisotopic (exact) mass is 330 g/mol. The van der Waals surface area contributed by atoms with Crippen LogP contribution in [0.1, 0.15) is 29.5 Å². The van der Waals surface area contributed by atoms with Crippen molar-refractivity contribution in [3.05, 3.63) is 52.5 Å². The number of ether oxygens (including phenoxy) is 1. The summed E-state index contributed by atoms with van der Waals surface area (Å²) in [6, 6.07) is 9.72. The minimum Gasteiger partial charge on any atom is -0.367 e. The number of likely N-dealkylation sites (tertiary alicyclic amines) is 1. The van der Waals surface area contributed by atoms with Crippen molar-refractivity contribution in [1.82, 2.24) is 9.88 Å². The Labute approximate surface area is 141 Å². The lowest BCUT2D eigenvalue weighted by atomic mass is 9.93. The third kappa shape index (κ3) is 3.98. The van der Waals surface area contributed by atoms with Crippen LogP contribution >= 0.6 is 11.3 Å². The fourth-order valence-corrected chi connectivity index (χ4v) is 3.86. The number of hydrogen-bond acceptors (Lipinski definition) is 4. The molecule has 0 aliphatic carbocycles. The minimum absolute atomic E-state index is 0.0754. The van der Waals surface area contributed by atoms with Crippen LogP contribution in [0.3, 0.4) is 0 Å². The van der Waals surface area contributed by atoms with Crippen molar-refractivity contribution in [2.45, 2.75) is 25.4 Å². The van der Waals surface area contributed by atoms with E-state index in [1.54, 1.807) is 18.4 Å². The van der Waals surface area contributed by atoms with E-state index >= 15 is 0 Å². The predicted molar refractivity (Wildman–Crippen MR) is 91.3 cm³/mol. The maximum Gasteiger partial charge on any atom is 0.256 e. The highest BCUT2D eigenvalue weighted by Crippen LogP contribution is 2.26. The molecule has 1 aliphatic heterocycles. The molecule has 1 saturated heterocycles. The number of amides is 1. The molecule has 1 aliphatic rings. The lowest BCUT2D eigenvalue weighted by Gasteiger charge is -2.33. The van der Waals surface area contributed by atoms with Crippen molar-refractivity contribution in [2.75, 3.05) is 20.2 Å². The highest BCUT2D eigenvalue weighted by atomic mass is 32.1. The van der Waals surface area contributed by atoms with Crippen LogP contribution in [-0.2, 0) is 16.0 Å². The number of piperidine rings is 1. The van der Waals surface area contributed by atoms with E-state index in [0.717, 1.165) is 37.9 Å². The minimum atomic E-state index is -0.494. The second kappa shape index (κ2) is 7.70. The summed E-state index contributed by atoms with van der Waals surface area (Å²) < 4.78 is 5.46. The molecule has 1 aromatic heterocycles. The van der Waals surface area contributed by atoms with Crippen LogP contribution in [0, 0.1) is 5.92 Å². The molecular formula is C18H22N2O2S. The Morgan fingerprint density at radius 3 is 2.70 bits per heavy atom. The van der Waals surface area contributed by atoms with Gasteiger partial charge in [-0.3, -0.25) is 4.79 Å². The molecule has 0 N–H and O–H groups in total. The number of benzene rings is 1. The first-order chi connectivity index (χ1) is 11.3. The first-order valence-corrected chi connectivity index (χ1v) is 8.91.